The van der Waals surface area contributed by atoms with Crippen molar-refractivity contribution in [3.63, 3.8) is 0 Å². The number of hydrogen-bond donors (Lipinski definition) is 1. The molecule has 2 rings (SSSR count). The molecule has 0 spiro atoms. The average molecular weight is 339 g/mol. The molecule has 1 saturated heterocycles. The van der Waals surface area contributed by atoms with Gasteiger partial charge in [-0.1, -0.05) is 17.7 Å². The highest BCUT2D eigenvalue weighted by Gasteiger charge is 2.21. The molecule has 23 heavy (non-hydrogen) atoms. The fourth-order valence-electron chi connectivity index (χ4n) is 2.71. The summed E-state index contributed by atoms with van der Waals surface area (Å²) in [6, 6.07) is 5.51. The Labute approximate surface area is 144 Å². The molecule has 0 atom stereocenters. The number of benzene rings is 1. The summed E-state index contributed by atoms with van der Waals surface area (Å²) in [5.41, 5.74) is 1.81. The molecule has 2 amide bonds. The van der Waals surface area contributed by atoms with Crippen LogP contribution >= 0.6 is 11.6 Å². The van der Waals surface area contributed by atoms with Crippen molar-refractivity contribution in [2.24, 2.45) is 0 Å². The van der Waals surface area contributed by atoms with E-state index in [2.05, 4.69) is 29.2 Å². The van der Waals surface area contributed by atoms with Crippen molar-refractivity contribution in [3.8, 4) is 0 Å². The van der Waals surface area contributed by atoms with E-state index in [1.165, 1.54) is 6.42 Å². The molecule has 0 saturated carbocycles. The summed E-state index contributed by atoms with van der Waals surface area (Å²) >= 11 is 6.00. The molecule has 1 aromatic carbocycles. The minimum Gasteiger partial charge on any atom is -0.322 e. The lowest BCUT2D eigenvalue weighted by Crippen LogP contribution is -2.50. The first-order chi connectivity index (χ1) is 11.0. The molecular formula is C17H27ClN4O. The molecule has 0 aliphatic carbocycles. The molecule has 5 nitrogen and oxygen atoms in total. The Morgan fingerprint density at radius 2 is 1.96 bits per heavy atom. The first-order valence-electron chi connectivity index (χ1n) is 8.15. The Morgan fingerprint density at radius 3 is 2.61 bits per heavy atom. The summed E-state index contributed by atoms with van der Waals surface area (Å²) in [6.45, 7) is 7.59. The molecule has 128 valence electrons. The van der Waals surface area contributed by atoms with Gasteiger partial charge in [0.15, 0.2) is 0 Å². The predicted octanol–water partition coefficient (Wildman–Crippen LogP) is 2.75. The molecule has 0 bridgehead atoms. The Bertz CT molecular complexity index is 527. The van der Waals surface area contributed by atoms with Crippen LogP contribution in [-0.2, 0) is 0 Å². The molecule has 1 heterocycles. The molecule has 1 aromatic rings. The van der Waals surface area contributed by atoms with E-state index in [1.807, 2.05) is 24.0 Å². The van der Waals surface area contributed by atoms with Crippen LogP contribution in [0.4, 0.5) is 10.5 Å². The maximum atomic E-state index is 12.4. The van der Waals surface area contributed by atoms with Gasteiger partial charge in [0, 0.05) is 36.9 Å². The van der Waals surface area contributed by atoms with Gasteiger partial charge in [0.2, 0.25) is 0 Å². The van der Waals surface area contributed by atoms with E-state index in [-0.39, 0.29) is 6.03 Å². The zero-order valence-electron chi connectivity index (χ0n) is 14.3. The number of piperazine rings is 1. The van der Waals surface area contributed by atoms with Crippen LogP contribution in [0.1, 0.15) is 12.0 Å². The minimum atomic E-state index is -0.0386. The standard InChI is InChI=1S/C17H27ClN4O/c1-14-5-6-15(18)13-16(14)19-17(23)22-11-9-21(10-12-22)8-4-7-20(2)3/h5-6,13H,4,7-12H2,1-3H3,(H,19,23). The van der Waals surface area contributed by atoms with Crippen molar-refractivity contribution < 1.29 is 4.79 Å². The van der Waals surface area contributed by atoms with E-state index in [0.717, 1.165) is 50.5 Å². The topological polar surface area (TPSA) is 38.8 Å². The number of urea groups is 1. The number of anilines is 1. The second kappa shape index (κ2) is 8.52. The van der Waals surface area contributed by atoms with Gasteiger partial charge in [-0.2, -0.15) is 0 Å². The van der Waals surface area contributed by atoms with Crippen molar-refractivity contribution >= 4 is 23.3 Å². The van der Waals surface area contributed by atoms with Crippen molar-refractivity contribution in [1.29, 1.82) is 0 Å². The summed E-state index contributed by atoms with van der Waals surface area (Å²) in [5.74, 6) is 0. The van der Waals surface area contributed by atoms with Crippen LogP contribution in [0, 0.1) is 6.92 Å². The Kier molecular flexibility index (Phi) is 6.69. The largest absolute Gasteiger partial charge is 0.322 e. The molecule has 1 fully saturated rings. The predicted molar refractivity (Wildman–Crippen MR) is 96.4 cm³/mol. The van der Waals surface area contributed by atoms with E-state index < -0.39 is 0 Å². The van der Waals surface area contributed by atoms with E-state index in [9.17, 15) is 4.79 Å². The Hall–Kier alpha value is -1.30. The quantitative estimate of drug-likeness (QED) is 0.897. The lowest BCUT2D eigenvalue weighted by Gasteiger charge is -2.35. The maximum absolute atomic E-state index is 12.4. The molecule has 0 radical (unpaired) electrons. The van der Waals surface area contributed by atoms with Gasteiger partial charge >= 0.3 is 6.03 Å². The zero-order valence-corrected chi connectivity index (χ0v) is 15.1. The highest BCUT2D eigenvalue weighted by molar-refractivity contribution is 6.31. The molecule has 0 unspecified atom stereocenters. The smallest absolute Gasteiger partial charge is 0.321 e. The van der Waals surface area contributed by atoms with E-state index in [4.69, 9.17) is 11.6 Å². The number of halogens is 1. The second-order valence-electron chi connectivity index (χ2n) is 6.37. The number of nitrogens with one attached hydrogen (secondary N) is 1. The van der Waals surface area contributed by atoms with E-state index in [1.54, 1.807) is 6.07 Å². The number of rotatable bonds is 5. The van der Waals surface area contributed by atoms with Crippen molar-refractivity contribution in [1.82, 2.24) is 14.7 Å². The van der Waals surface area contributed by atoms with Gasteiger partial charge in [0.25, 0.3) is 0 Å². The summed E-state index contributed by atoms with van der Waals surface area (Å²) in [4.78, 5) is 18.9. The maximum Gasteiger partial charge on any atom is 0.321 e. The van der Waals surface area contributed by atoms with Crippen molar-refractivity contribution in [2.45, 2.75) is 13.3 Å². The average Bonchev–Trinajstić information content (AvgIpc) is 2.51. The lowest BCUT2D eigenvalue weighted by molar-refractivity contribution is 0.144. The number of aryl methyl sites for hydroxylation is 1. The van der Waals surface area contributed by atoms with Crippen LogP contribution in [0.5, 0.6) is 0 Å². The molecule has 1 N–H and O–H groups in total. The van der Waals surface area contributed by atoms with Crippen LogP contribution in [0.25, 0.3) is 0 Å². The molecule has 6 heteroatoms. The molecular weight excluding hydrogens is 312 g/mol. The highest BCUT2D eigenvalue weighted by Crippen LogP contribution is 2.20. The van der Waals surface area contributed by atoms with E-state index >= 15 is 0 Å². The summed E-state index contributed by atoms with van der Waals surface area (Å²) < 4.78 is 0. The van der Waals surface area contributed by atoms with Gasteiger partial charge in [0.1, 0.15) is 0 Å². The van der Waals surface area contributed by atoms with Crippen LogP contribution in [0.15, 0.2) is 18.2 Å². The monoisotopic (exact) mass is 338 g/mol. The van der Waals surface area contributed by atoms with Crippen LogP contribution in [-0.4, -0.2) is 74.1 Å². The summed E-state index contributed by atoms with van der Waals surface area (Å²) in [7, 11) is 4.19. The third-order valence-corrected chi connectivity index (χ3v) is 4.42. The molecule has 1 aliphatic heterocycles. The second-order valence-corrected chi connectivity index (χ2v) is 6.81. The van der Waals surface area contributed by atoms with Crippen molar-refractivity contribution in [2.75, 3.05) is 58.7 Å². The first kappa shape index (κ1) is 18.0. The van der Waals surface area contributed by atoms with Crippen LogP contribution < -0.4 is 5.32 Å². The normalized spacial score (nSPS) is 16.0. The number of amides is 2. The number of hydrogen-bond acceptors (Lipinski definition) is 3. The van der Waals surface area contributed by atoms with Crippen LogP contribution in [0.3, 0.4) is 0 Å². The van der Waals surface area contributed by atoms with Gasteiger partial charge in [-0.3, -0.25) is 4.90 Å². The molecule has 1 aliphatic rings. The third kappa shape index (κ3) is 5.68. The SMILES string of the molecule is Cc1ccc(Cl)cc1NC(=O)N1CCN(CCCN(C)C)CC1. The number of nitrogens with zero attached hydrogens (tertiary/aromatic N) is 3. The van der Waals surface area contributed by atoms with Gasteiger partial charge in [-0.25, -0.2) is 4.79 Å². The van der Waals surface area contributed by atoms with Gasteiger partial charge < -0.3 is 15.1 Å². The summed E-state index contributed by atoms with van der Waals surface area (Å²) in [6.07, 6.45) is 1.17. The van der Waals surface area contributed by atoms with Gasteiger partial charge in [0.05, 0.1) is 0 Å². The Morgan fingerprint density at radius 1 is 1.26 bits per heavy atom. The van der Waals surface area contributed by atoms with Gasteiger partial charge in [-0.05, 0) is 58.2 Å². The molecule has 0 aromatic heterocycles. The van der Waals surface area contributed by atoms with Crippen molar-refractivity contribution in [3.05, 3.63) is 28.8 Å². The number of carbonyl (C=O) groups excluding carboxylic acids is 1. The fourth-order valence-corrected chi connectivity index (χ4v) is 2.88. The fraction of sp³-hybridized carbons (Fsp3) is 0.588. The van der Waals surface area contributed by atoms with E-state index in [0.29, 0.717) is 5.02 Å². The zero-order chi connectivity index (χ0) is 16.8. The highest BCUT2D eigenvalue weighted by atomic mass is 35.5. The van der Waals surface area contributed by atoms with Crippen LogP contribution in [0.2, 0.25) is 5.02 Å². The Balaban J connectivity index is 1.78. The third-order valence-electron chi connectivity index (χ3n) is 4.18. The minimum absolute atomic E-state index is 0.0386. The lowest BCUT2D eigenvalue weighted by atomic mass is 10.2. The van der Waals surface area contributed by atoms with Gasteiger partial charge in [-0.15, -0.1) is 0 Å². The first-order valence-corrected chi connectivity index (χ1v) is 8.52. The summed E-state index contributed by atoms with van der Waals surface area (Å²) in [5, 5.41) is 3.61. The number of carbonyl (C=O) groups is 1.